The van der Waals surface area contributed by atoms with E-state index < -0.39 is 15.9 Å². The number of sulfonamides is 1. The van der Waals surface area contributed by atoms with Gasteiger partial charge in [0.05, 0.1) is 16.3 Å². The molecule has 0 atom stereocenters. The van der Waals surface area contributed by atoms with Crippen LogP contribution in [0.5, 0.6) is 0 Å². The summed E-state index contributed by atoms with van der Waals surface area (Å²) in [5.74, 6) is -0.421. The van der Waals surface area contributed by atoms with Crippen molar-refractivity contribution in [3.8, 4) is 11.3 Å². The van der Waals surface area contributed by atoms with Crippen LogP contribution in [0, 0.1) is 6.92 Å². The molecule has 0 spiro atoms. The first-order valence-corrected chi connectivity index (χ1v) is 12.1. The van der Waals surface area contributed by atoms with Gasteiger partial charge in [-0.2, -0.15) is 0 Å². The van der Waals surface area contributed by atoms with E-state index in [0.29, 0.717) is 10.8 Å². The Morgan fingerprint density at radius 2 is 1.69 bits per heavy atom. The Hall–Kier alpha value is -3.49. The second-order valence-electron chi connectivity index (χ2n) is 7.14. The van der Waals surface area contributed by atoms with E-state index in [1.165, 1.54) is 34.8 Å². The highest BCUT2D eigenvalue weighted by Gasteiger charge is 2.22. The molecule has 1 N–H and O–H groups in total. The highest BCUT2D eigenvalue weighted by atomic mass is 32.2. The first-order valence-electron chi connectivity index (χ1n) is 9.83. The van der Waals surface area contributed by atoms with Crippen molar-refractivity contribution >= 4 is 38.1 Å². The van der Waals surface area contributed by atoms with Gasteiger partial charge >= 0.3 is 0 Å². The molecule has 0 saturated heterocycles. The minimum Gasteiger partial charge on any atom is -0.298 e. The minimum absolute atomic E-state index is 0.0382. The van der Waals surface area contributed by atoms with Crippen LogP contribution in [-0.2, 0) is 10.0 Å². The summed E-state index contributed by atoms with van der Waals surface area (Å²) in [7, 11) is -2.33. The van der Waals surface area contributed by atoms with Crippen molar-refractivity contribution in [2.24, 2.45) is 0 Å². The number of thiazole rings is 1. The number of nitrogens with zero attached hydrogens (tertiary/aromatic N) is 2. The molecule has 0 aliphatic heterocycles. The van der Waals surface area contributed by atoms with E-state index in [9.17, 15) is 13.2 Å². The summed E-state index contributed by atoms with van der Waals surface area (Å²) in [4.78, 5) is 17.3. The third-order valence-electron chi connectivity index (χ3n) is 5.02. The molecule has 0 aliphatic rings. The first-order chi connectivity index (χ1) is 15.4. The molecule has 1 amide bonds. The Morgan fingerprint density at radius 3 is 2.44 bits per heavy atom. The van der Waals surface area contributed by atoms with Gasteiger partial charge in [0.1, 0.15) is 0 Å². The highest BCUT2D eigenvalue weighted by molar-refractivity contribution is 7.92. The number of hydrogen-bond acceptors (Lipinski definition) is 5. The van der Waals surface area contributed by atoms with Gasteiger partial charge in [-0.05, 0) is 42.8 Å². The van der Waals surface area contributed by atoms with E-state index in [4.69, 9.17) is 0 Å². The Bertz CT molecular complexity index is 1370. The Balaban J connectivity index is 1.55. The molecule has 0 radical (unpaired) electrons. The SMILES string of the molecule is Cc1ccccc1-c1csc(NC(=O)c2cccc(S(=O)(=O)N(C)c3ccccc3)c2)n1. The van der Waals surface area contributed by atoms with Crippen molar-refractivity contribution in [2.45, 2.75) is 11.8 Å². The summed E-state index contributed by atoms with van der Waals surface area (Å²) in [6, 6.07) is 22.7. The number of aryl methyl sites for hydroxylation is 1. The summed E-state index contributed by atoms with van der Waals surface area (Å²) >= 11 is 1.32. The van der Waals surface area contributed by atoms with Crippen LogP contribution in [0.2, 0.25) is 0 Å². The van der Waals surface area contributed by atoms with E-state index in [1.54, 1.807) is 36.4 Å². The smallest absolute Gasteiger partial charge is 0.264 e. The fourth-order valence-corrected chi connectivity index (χ4v) is 5.16. The number of carbonyl (C=O) groups is 1. The van der Waals surface area contributed by atoms with Crippen LogP contribution in [0.1, 0.15) is 15.9 Å². The average Bonchev–Trinajstić information content (AvgIpc) is 3.27. The van der Waals surface area contributed by atoms with Gasteiger partial charge in [-0.25, -0.2) is 13.4 Å². The number of para-hydroxylation sites is 1. The van der Waals surface area contributed by atoms with Gasteiger partial charge in [0.15, 0.2) is 5.13 Å². The van der Waals surface area contributed by atoms with Gasteiger partial charge in [-0.1, -0.05) is 48.5 Å². The molecule has 0 unspecified atom stereocenters. The molecule has 0 saturated carbocycles. The van der Waals surface area contributed by atoms with Crippen LogP contribution in [0.15, 0.2) is 89.1 Å². The van der Waals surface area contributed by atoms with E-state index >= 15 is 0 Å². The number of nitrogens with one attached hydrogen (secondary N) is 1. The summed E-state index contributed by atoms with van der Waals surface area (Å²) in [5.41, 5.74) is 3.65. The molecule has 6 nitrogen and oxygen atoms in total. The lowest BCUT2D eigenvalue weighted by Gasteiger charge is -2.19. The first kappa shape index (κ1) is 21.7. The van der Waals surface area contributed by atoms with Crippen LogP contribution < -0.4 is 9.62 Å². The summed E-state index contributed by atoms with van der Waals surface area (Å²) < 4.78 is 27.3. The maximum absolute atomic E-state index is 13.0. The standard InChI is InChI=1S/C24H21N3O3S2/c1-17-9-6-7-14-21(17)22-16-31-24(25-22)26-23(28)18-10-8-13-20(15-18)32(29,30)27(2)19-11-4-3-5-12-19/h3-16H,1-2H3,(H,25,26,28). The van der Waals surface area contributed by atoms with Crippen LogP contribution in [0.3, 0.4) is 0 Å². The zero-order valence-electron chi connectivity index (χ0n) is 17.5. The van der Waals surface area contributed by atoms with Crippen molar-refractivity contribution in [3.63, 3.8) is 0 Å². The lowest BCUT2D eigenvalue weighted by Crippen LogP contribution is -2.26. The quantitative estimate of drug-likeness (QED) is 0.426. The van der Waals surface area contributed by atoms with Gasteiger partial charge in [0, 0.05) is 23.6 Å². The number of benzene rings is 3. The molecule has 8 heteroatoms. The monoisotopic (exact) mass is 463 g/mol. The minimum atomic E-state index is -3.82. The molecule has 0 bridgehead atoms. The van der Waals surface area contributed by atoms with E-state index in [0.717, 1.165) is 16.8 Å². The maximum Gasteiger partial charge on any atom is 0.264 e. The second-order valence-corrected chi connectivity index (χ2v) is 9.97. The van der Waals surface area contributed by atoms with Crippen molar-refractivity contribution in [1.29, 1.82) is 0 Å². The number of amides is 1. The van der Waals surface area contributed by atoms with Crippen molar-refractivity contribution in [1.82, 2.24) is 4.98 Å². The molecule has 0 aliphatic carbocycles. The number of aromatic nitrogens is 1. The second kappa shape index (κ2) is 8.94. The van der Waals surface area contributed by atoms with Crippen LogP contribution in [-0.4, -0.2) is 26.4 Å². The molecule has 1 aromatic heterocycles. The molecule has 32 heavy (non-hydrogen) atoms. The molecule has 4 aromatic rings. The van der Waals surface area contributed by atoms with Gasteiger partial charge in [0.2, 0.25) is 0 Å². The Kier molecular flexibility index (Phi) is 6.07. The van der Waals surface area contributed by atoms with Crippen LogP contribution in [0.25, 0.3) is 11.3 Å². The molecule has 3 aromatic carbocycles. The predicted molar refractivity (Wildman–Crippen MR) is 129 cm³/mol. The Morgan fingerprint density at radius 1 is 0.969 bits per heavy atom. The normalized spacial score (nSPS) is 11.2. The van der Waals surface area contributed by atoms with Gasteiger partial charge < -0.3 is 0 Å². The molecule has 4 rings (SSSR count). The number of hydrogen-bond donors (Lipinski definition) is 1. The fraction of sp³-hybridized carbons (Fsp3) is 0.0833. The van der Waals surface area contributed by atoms with Crippen molar-refractivity contribution < 1.29 is 13.2 Å². The average molecular weight is 464 g/mol. The zero-order chi connectivity index (χ0) is 22.7. The Labute approximate surface area is 191 Å². The number of rotatable bonds is 6. The lowest BCUT2D eigenvalue weighted by molar-refractivity contribution is 0.102. The van der Waals surface area contributed by atoms with Crippen molar-refractivity contribution in [2.75, 3.05) is 16.7 Å². The summed E-state index contributed by atoms with van der Waals surface area (Å²) in [5, 5.41) is 5.10. The van der Waals surface area contributed by atoms with Crippen molar-refractivity contribution in [3.05, 3.63) is 95.4 Å². The topological polar surface area (TPSA) is 79.4 Å². The zero-order valence-corrected chi connectivity index (χ0v) is 19.2. The third kappa shape index (κ3) is 4.42. The molecular formula is C24H21N3O3S2. The number of anilines is 2. The maximum atomic E-state index is 13.0. The van der Waals surface area contributed by atoms with E-state index in [1.807, 2.05) is 42.6 Å². The molecule has 1 heterocycles. The number of carbonyl (C=O) groups excluding carboxylic acids is 1. The highest BCUT2D eigenvalue weighted by Crippen LogP contribution is 2.28. The lowest BCUT2D eigenvalue weighted by atomic mass is 10.1. The van der Waals surface area contributed by atoms with Gasteiger partial charge in [0.25, 0.3) is 15.9 Å². The largest absolute Gasteiger partial charge is 0.298 e. The van der Waals surface area contributed by atoms with Crippen LogP contribution in [0.4, 0.5) is 10.8 Å². The molecular weight excluding hydrogens is 442 g/mol. The predicted octanol–water partition coefficient (Wildman–Crippen LogP) is 5.20. The van der Waals surface area contributed by atoms with E-state index in [-0.39, 0.29) is 10.5 Å². The fourth-order valence-electron chi connectivity index (χ4n) is 3.22. The van der Waals surface area contributed by atoms with E-state index in [2.05, 4.69) is 10.3 Å². The van der Waals surface area contributed by atoms with Gasteiger partial charge in [-0.15, -0.1) is 11.3 Å². The third-order valence-corrected chi connectivity index (χ3v) is 7.56. The molecule has 0 fully saturated rings. The van der Waals surface area contributed by atoms with Crippen LogP contribution >= 0.6 is 11.3 Å². The summed E-state index contributed by atoms with van der Waals surface area (Å²) in [6.45, 7) is 2.01. The summed E-state index contributed by atoms with van der Waals surface area (Å²) in [6.07, 6.45) is 0. The van der Waals surface area contributed by atoms with Gasteiger partial charge in [-0.3, -0.25) is 14.4 Å². The molecule has 162 valence electrons.